The molecule has 3 aromatic rings. The molecule has 168 valence electrons. The van der Waals surface area contributed by atoms with E-state index in [2.05, 4.69) is 40.5 Å². The number of rotatable bonds is 10. The molecule has 1 N–H and O–H groups in total. The molecule has 32 heavy (non-hydrogen) atoms. The van der Waals surface area contributed by atoms with Gasteiger partial charge in [0.15, 0.2) is 0 Å². The van der Waals surface area contributed by atoms with Crippen molar-refractivity contribution in [1.82, 2.24) is 35.4 Å². The maximum atomic E-state index is 13.1. The van der Waals surface area contributed by atoms with E-state index in [1.165, 1.54) is 0 Å². The van der Waals surface area contributed by atoms with Crippen LogP contribution in [0, 0.1) is 0 Å². The highest BCUT2D eigenvalue weighted by Gasteiger charge is 2.36. The van der Waals surface area contributed by atoms with Crippen molar-refractivity contribution in [2.24, 2.45) is 0 Å². The lowest BCUT2D eigenvalue weighted by Gasteiger charge is -2.23. The maximum absolute atomic E-state index is 13.1. The van der Waals surface area contributed by atoms with Crippen molar-refractivity contribution in [3.63, 3.8) is 0 Å². The fraction of sp³-hybridized carbons (Fsp3) is 0.458. The molecule has 3 heterocycles. The van der Waals surface area contributed by atoms with Gasteiger partial charge in [-0.3, -0.25) is 4.98 Å². The van der Waals surface area contributed by atoms with E-state index < -0.39 is 0 Å². The van der Waals surface area contributed by atoms with E-state index >= 15 is 0 Å². The summed E-state index contributed by atoms with van der Waals surface area (Å²) in [6.07, 6.45) is 7.36. The van der Waals surface area contributed by atoms with Crippen molar-refractivity contribution in [2.45, 2.75) is 58.5 Å². The lowest BCUT2D eigenvalue weighted by molar-refractivity contribution is 0.182. The van der Waals surface area contributed by atoms with Gasteiger partial charge in [-0.2, -0.15) is 5.21 Å². The number of carbonyl (C=O) groups excluding carboxylic acids is 1. The second kappa shape index (κ2) is 10.3. The Morgan fingerprint density at radius 3 is 2.56 bits per heavy atom. The van der Waals surface area contributed by atoms with Gasteiger partial charge in [0.25, 0.3) is 0 Å². The Balaban J connectivity index is 1.51. The molecule has 8 heteroatoms. The van der Waals surface area contributed by atoms with E-state index in [0.717, 1.165) is 67.6 Å². The van der Waals surface area contributed by atoms with E-state index in [1.54, 1.807) is 0 Å². The van der Waals surface area contributed by atoms with Gasteiger partial charge in [-0.15, -0.1) is 10.2 Å². The van der Waals surface area contributed by atoms with Crippen LogP contribution in [-0.4, -0.2) is 60.6 Å². The summed E-state index contributed by atoms with van der Waals surface area (Å²) in [5.41, 5.74) is 3.71. The van der Waals surface area contributed by atoms with Crippen LogP contribution in [0.4, 0.5) is 4.79 Å². The first kappa shape index (κ1) is 21.9. The largest absolute Gasteiger partial charge is 0.323 e. The summed E-state index contributed by atoms with van der Waals surface area (Å²) in [7, 11) is 0. The highest BCUT2D eigenvalue weighted by molar-refractivity contribution is 5.78. The van der Waals surface area contributed by atoms with Crippen LogP contribution < -0.4 is 0 Å². The minimum atomic E-state index is 0.158. The van der Waals surface area contributed by atoms with Crippen molar-refractivity contribution in [2.75, 3.05) is 13.1 Å². The number of hydrogen-bond donors (Lipinski definition) is 1. The summed E-state index contributed by atoms with van der Waals surface area (Å²) in [6.45, 7) is 6.64. The molecule has 1 atom stereocenters. The Morgan fingerprint density at radius 1 is 1.06 bits per heavy atom. The van der Waals surface area contributed by atoms with Crippen molar-refractivity contribution in [3.8, 4) is 22.6 Å². The number of pyridine rings is 1. The molecule has 1 fully saturated rings. The molecule has 1 unspecified atom stereocenters. The number of aromatic nitrogens is 5. The predicted molar refractivity (Wildman–Crippen MR) is 124 cm³/mol. The second-order valence-electron chi connectivity index (χ2n) is 8.34. The number of urea groups is 1. The average Bonchev–Trinajstić information content (AvgIpc) is 3.46. The Kier molecular flexibility index (Phi) is 7.09. The van der Waals surface area contributed by atoms with Crippen molar-refractivity contribution in [1.29, 1.82) is 0 Å². The highest BCUT2D eigenvalue weighted by atomic mass is 16.2. The molecule has 2 aromatic heterocycles. The molecule has 0 radical (unpaired) electrons. The standard InChI is InChI=1S/C24H31N7O/c1-3-5-9-19-17-30(14-6-4-2)24(32)31(19)16-18-12-13-22(25-15-18)20-10-7-8-11-21(20)23-26-28-29-27-23/h7-8,10-13,15,19H,3-6,9,14,16-17H2,1-2H3,(H,26,27,28,29). The van der Waals surface area contributed by atoms with Crippen LogP contribution in [0.3, 0.4) is 0 Å². The van der Waals surface area contributed by atoms with Crippen molar-refractivity contribution in [3.05, 3.63) is 48.2 Å². The van der Waals surface area contributed by atoms with Crippen molar-refractivity contribution < 1.29 is 4.79 Å². The number of carbonyl (C=O) groups is 1. The quantitative estimate of drug-likeness (QED) is 0.507. The first-order valence-electron chi connectivity index (χ1n) is 11.5. The number of nitrogens with zero attached hydrogens (tertiary/aromatic N) is 6. The lowest BCUT2D eigenvalue weighted by atomic mass is 10.0. The number of H-pyrrole nitrogens is 1. The van der Waals surface area contributed by atoms with Crippen LogP contribution in [0.2, 0.25) is 0 Å². The Hall–Kier alpha value is -3.29. The number of amides is 2. The first-order chi connectivity index (χ1) is 15.7. The Morgan fingerprint density at radius 2 is 1.88 bits per heavy atom. The molecular weight excluding hydrogens is 402 g/mol. The first-order valence-corrected chi connectivity index (χ1v) is 11.5. The van der Waals surface area contributed by atoms with E-state index in [1.807, 2.05) is 46.3 Å². The fourth-order valence-corrected chi connectivity index (χ4v) is 4.24. The summed E-state index contributed by atoms with van der Waals surface area (Å²) in [5, 5.41) is 14.4. The third kappa shape index (κ3) is 4.79. The van der Waals surface area contributed by atoms with E-state index in [-0.39, 0.29) is 12.1 Å². The molecule has 2 amide bonds. The molecule has 1 saturated heterocycles. The smallest absolute Gasteiger partial charge is 0.320 e. The molecule has 1 aliphatic heterocycles. The molecule has 0 spiro atoms. The van der Waals surface area contributed by atoms with Gasteiger partial charge in [-0.05, 0) is 29.7 Å². The van der Waals surface area contributed by atoms with E-state index in [4.69, 9.17) is 4.98 Å². The number of hydrogen-bond acceptors (Lipinski definition) is 5. The topological polar surface area (TPSA) is 90.9 Å². The fourth-order valence-electron chi connectivity index (χ4n) is 4.24. The number of benzene rings is 1. The van der Waals surface area contributed by atoms with Crippen LogP contribution in [0.1, 0.15) is 51.5 Å². The van der Waals surface area contributed by atoms with Gasteiger partial charge in [-0.25, -0.2) is 4.79 Å². The zero-order valence-electron chi connectivity index (χ0n) is 18.9. The van der Waals surface area contributed by atoms with Gasteiger partial charge in [0, 0.05) is 37.0 Å². The second-order valence-corrected chi connectivity index (χ2v) is 8.34. The number of tetrazole rings is 1. The van der Waals surface area contributed by atoms with Gasteiger partial charge >= 0.3 is 6.03 Å². The third-order valence-electron chi connectivity index (χ3n) is 6.03. The van der Waals surface area contributed by atoms with E-state index in [9.17, 15) is 4.79 Å². The lowest BCUT2D eigenvalue weighted by Crippen LogP contribution is -2.34. The minimum Gasteiger partial charge on any atom is -0.323 e. The molecule has 0 aliphatic carbocycles. The zero-order chi connectivity index (χ0) is 22.3. The number of nitrogens with one attached hydrogen (secondary N) is 1. The van der Waals surface area contributed by atoms with Crippen LogP contribution >= 0.6 is 0 Å². The Labute approximate surface area is 189 Å². The number of aromatic amines is 1. The van der Waals surface area contributed by atoms with Gasteiger partial charge < -0.3 is 9.80 Å². The summed E-state index contributed by atoms with van der Waals surface area (Å²) in [6, 6.07) is 12.4. The van der Waals surface area contributed by atoms with Gasteiger partial charge in [0.2, 0.25) is 5.82 Å². The monoisotopic (exact) mass is 433 g/mol. The summed E-state index contributed by atoms with van der Waals surface area (Å²) in [5.74, 6) is 0.542. The normalized spacial score (nSPS) is 16.2. The zero-order valence-corrected chi connectivity index (χ0v) is 18.9. The van der Waals surface area contributed by atoms with Crippen LogP contribution in [0.5, 0.6) is 0 Å². The van der Waals surface area contributed by atoms with Crippen LogP contribution in [-0.2, 0) is 6.54 Å². The summed E-state index contributed by atoms with van der Waals surface area (Å²) in [4.78, 5) is 21.8. The minimum absolute atomic E-state index is 0.158. The number of unbranched alkanes of at least 4 members (excludes halogenated alkanes) is 2. The molecule has 8 nitrogen and oxygen atoms in total. The maximum Gasteiger partial charge on any atom is 0.320 e. The Bertz CT molecular complexity index is 1000. The van der Waals surface area contributed by atoms with E-state index in [0.29, 0.717) is 12.4 Å². The average molecular weight is 434 g/mol. The van der Waals surface area contributed by atoms with Crippen molar-refractivity contribution >= 4 is 6.03 Å². The van der Waals surface area contributed by atoms with Crippen LogP contribution in [0.25, 0.3) is 22.6 Å². The molecule has 1 aliphatic rings. The van der Waals surface area contributed by atoms with Gasteiger partial charge in [-0.1, -0.05) is 63.4 Å². The molecule has 4 rings (SSSR count). The summed E-state index contributed by atoms with van der Waals surface area (Å²) >= 11 is 0. The predicted octanol–water partition coefficient (Wildman–Crippen LogP) is 4.53. The van der Waals surface area contributed by atoms with Gasteiger partial charge in [0.05, 0.1) is 11.7 Å². The highest BCUT2D eigenvalue weighted by Crippen LogP contribution is 2.29. The SMILES string of the molecule is CCCCC1CN(CCCC)C(=O)N1Cc1ccc(-c2ccccc2-c2nn[nH]n2)nc1. The van der Waals surface area contributed by atoms with Crippen LogP contribution in [0.15, 0.2) is 42.6 Å². The molecular formula is C24H31N7O. The molecule has 1 aromatic carbocycles. The molecule has 0 saturated carbocycles. The third-order valence-corrected chi connectivity index (χ3v) is 6.03. The summed E-state index contributed by atoms with van der Waals surface area (Å²) < 4.78 is 0. The molecule has 0 bridgehead atoms. The van der Waals surface area contributed by atoms with Gasteiger partial charge in [0.1, 0.15) is 0 Å².